The number of rotatable bonds is 2. The maximum Gasteiger partial charge on any atom is 0.272 e. The van der Waals surface area contributed by atoms with E-state index in [9.17, 15) is 10.1 Å². The van der Waals surface area contributed by atoms with E-state index in [4.69, 9.17) is 4.74 Å². The molecule has 0 aromatic carbocycles. The molecule has 1 fully saturated rings. The van der Waals surface area contributed by atoms with Crippen LogP contribution in [0.1, 0.15) is 25.1 Å². The molecule has 1 atom stereocenters. The van der Waals surface area contributed by atoms with Crippen LogP contribution in [0.2, 0.25) is 0 Å². The highest BCUT2D eigenvalue weighted by Gasteiger charge is 2.36. The fourth-order valence-electron chi connectivity index (χ4n) is 3.14. The Morgan fingerprint density at radius 2 is 2.24 bits per heavy atom. The third-order valence-electron chi connectivity index (χ3n) is 4.73. The molecular formula is C18H18N4O2S. The van der Waals surface area contributed by atoms with Gasteiger partial charge >= 0.3 is 0 Å². The van der Waals surface area contributed by atoms with Gasteiger partial charge in [0.1, 0.15) is 11.6 Å². The highest BCUT2D eigenvalue weighted by molar-refractivity contribution is 7.99. The molecule has 7 heteroatoms. The quantitative estimate of drug-likeness (QED) is 0.769. The lowest BCUT2D eigenvalue weighted by atomic mass is 9.84. The molecule has 0 radical (unpaired) electrons. The van der Waals surface area contributed by atoms with Crippen LogP contribution in [-0.2, 0) is 16.7 Å². The summed E-state index contributed by atoms with van der Waals surface area (Å²) in [4.78, 5) is 21.9. The van der Waals surface area contributed by atoms with E-state index in [0.717, 1.165) is 11.4 Å². The van der Waals surface area contributed by atoms with E-state index in [0.29, 0.717) is 42.1 Å². The van der Waals surface area contributed by atoms with Gasteiger partial charge in [0.25, 0.3) is 5.56 Å². The zero-order valence-corrected chi connectivity index (χ0v) is 15.0. The Balaban J connectivity index is 1.79. The van der Waals surface area contributed by atoms with Gasteiger partial charge in [0.2, 0.25) is 0 Å². The summed E-state index contributed by atoms with van der Waals surface area (Å²) in [5.41, 5.74) is 1.86. The van der Waals surface area contributed by atoms with E-state index >= 15 is 0 Å². The Morgan fingerprint density at radius 1 is 1.44 bits per heavy atom. The zero-order valence-electron chi connectivity index (χ0n) is 14.2. The second-order valence-corrected chi connectivity index (χ2v) is 8.03. The molecule has 128 valence electrons. The monoisotopic (exact) mass is 354 g/mol. The molecule has 2 aliphatic heterocycles. The molecule has 0 amide bonds. The molecular weight excluding hydrogens is 336 g/mol. The molecule has 2 aromatic heterocycles. The molecule has 1 unspecified atom stereocenters. The second-order valence-electron chi connectivity index (χ2n) is 7.05. The van der Waals surface area contributed by atoms with Crippen LogP contribution in [0.25, 0.3) is 11.3 Å². The summed E-state index contributed by atoms with van der Waals surface area (Å²) in [6.45, 7) is 6.14. The molecule has 0 bridgehead atoms. The number of hydrogen-bond acceptors (Lipinski definition) is 6. The van der Waals surface area contributed by atoms with Gasteiger partial charge in [-0.3, -0.25) is 14.3 Å². The molecule has 0 N–H and O–H groups in total. The molecule has 4 rings (SSSR count). The minimum absolute atomic E-state index is 0.0502. The lowest BCUT2D eigenvalue weighted by molar-refractivity contribution is -0.0520. The maximum absolute atomic E-state index is 12.7. The van der Waals surface area contributed by atoms with Crippen molar-refractivity contribution in [3.8, 4) is 17.3 Å². The first-order valence-corrected chi connectivity index (χ1v) is 9.23. The Labute approximate surface area is 149 Å². The summed E-state index contributed by atoms with van der Waals surface area (Å²) < 4.78 is 6.91. The number of pyridine rings is 1. The summed E-state index contributed by atoms with van der Waals surface area (Å²) in [6.07, 6.45) is 1.70. The summed E-state index contributed by atoms with van der Waals surface area (Å²) >= 11 is 1.56. The highest BCUT2D eigenvalue weighted by atomic mass is 32.2. The van der Waals surface area contributed by atoms with Crippen molar-refractivity contribution >= 4 is 11.8 Å². The van der Waals surface area contributed by atoms with Crippen molar-refractivity contribution < 1.29 is 4.74 Å². The van der Waals surface area contributed by atoms with Crippen LogP contribution in [0.4, 0.5) is 0 Å². The zero-order chi connectivity index (χ0) is 17.6. The van der Waals surface area contributed by atoms with E-state index in [1.807, 2.05) is 18.2 Å². The van der Waals surface area contributed by atoms with Crippen LogP contribution in [0.3, 0.4) is 0 Å². The lowest BCUT2D eigenvalue weighted by Crippen LogP contribution is -2.44. The lowest BCUT2D eigenvalue weighted by Gasteiger charge is -2.37. The van der Waals surface area contributed by atoms with E-state index in [2.05, 4.69) is 23.8 Å². The van der Waals surface area contributed by atoms with Crippen LogP contribution < -0.4 is 5.56 Å². The van der Waals surface area contributed by atoms with Gasteiger partial charge in [-0.1, -0.05) is 18.7 Å². The van der Waals surface area contributed by atoms with Gasteiger partial charge in [-0.05, 0) is 25.0 Å². The smallest absolute Gasteiger partial charge is 0.272 e. The molecule has 6 nitrogen and oxygen atoms in total. The van der Waals surface area contributed by atoms with E-state index < -0.39 is 0 Å². The van der Waals surface area contributed by atoms with Crippen LogP contribution in [0.5, 0.6) is 0 Å². The van der Waals surface area contributed by atoms with Crippen molar-refractivity contribution in [3.63, 3.8) is 0 Å². The second kappa shape index (κ2) is 5.97. The van der Waals surface area contributed by atoms with Gasteiger partial charge in [0.05, 0.1) is 30.0 Å². The summed E-state index contributed by atoms with van der Waals surface area (Å²) in [5.74, 6) is 1.31. The van der Waals surface area contributed by atoms with Crippen LogP contribution >= 0.6 is 11.8 Å². The van der Waals surface area contributed by atoms with Gasteiger partial charge in [-0.2, -0.15) is 5.26 Å². The van der Waals surface area contributed by atoms with Crippen LogP contribution in [0, 0.1) is 17.2 Å². The van der Waals surface area contributed by atoms with Gasteiger partial charge in [-0.25, -0.2) is 4.98 Å². The van der Waals surface area contributed by atoms with Gasteiger partial charge in [0.15, 0.2) is 5.16 Å². The van der Waals surface area contributed by atoms with Crippen molar-refractivity contribution in [3.05, 3.63) is 39.9 Å². The first-order valence-electron chi connectivity index (χ1n) is 8.24. The first kappa shape index (κ1) is 16.3. The largest absolute Gasteiger partial charge is 0.379 e. The fourth-order valence-corrected chi connectivity index (χ4v) is 4.15. The van der Waals surface area contributed by atoms with Gasteiger partial charge in [0, 0.05) is 24.1 Å². The SMILES string of the molecule is CC1CSc2nc(-c3ccc(C4(C)COC4)nc3)c(C#N)c(=O)n2C1. The number of nitrogens with zero attached hydrogens (tertiary/aromatic N) is 4. The number of hydrogen-bond donors (Lipinski definition) is 0. The third kappa shape index (κ3) is 2.66. The standard InChI is InChI=1S/C18H18N4O2S/c1-11-7-22-16(23)13(5-19)15(21-17(22)25-8-11)12-3-4-14(20-6-12)18(2)9-24-10-18/h3-4,6,11H,7-10H2,1-2H3. The Hall–Kier alpha value is -2.17. The predicted molar refractivity (Wildman–Crippen MR) is 94.5 cm³/mol. The molecule has 0 aliphatic carbocycles. The number of thioether (sulfide) groups is 1. The molecule has 4 heterocycles. The molecule has 0 spiro atoms. The first-order chi connectivity index (χ1) is 12.0. The van der Waals surface area contributed by atoms with E-state index in [-0.39, 0.29) is 16.5 Å². The number of fused-ring (bicyclic) bond motifs is 1. The van der Waals surface area contributed by atoms with Crippen molar-refractivity contribution in [1.29, 1.82) is 5.26 Å². The Bertz CT molecular complexity index is 926. The number of nitriles is 1. The molecule has 0 saturated carbocycles. The van der Waals surface area contributed by atoms with E-state index in [1.165, 1.54) is 0 Å². The molecule has 2 aromatic rings. The summed E-state index contributed by atoms with van der Waals surface area (Å²) in [7, 11) is 0. The molecule has 25 heavy (non-hydrogen) atoms. The van der Waals surface area contributed by atoms with Crippen LogP contribution in [0.15, 0.2) is 28.3 Å². The minimum atomic E-state index is -0.259. The Morgan fingerprint density at radius 3 is 2.84 bits per heavy atom. The highest BCUT2D eigenvalue weighted by Crippen LogP contribution is 2.32. The average Bonchev–Trinajstić information content (AvgIpc) is 2.60. The fraction of sp³-hybridized carbons (Fsp3) is 0.444. The number of aromatic nitrogens is 3. The normalized spacial score (nSPS) is 21.1. The topological polar surface area (TPSA) is 80.8 Å². The minimum Gasteiger partial charge on any atom is -0.379 e. The molecule has 2 aliphatic rings. The van der Waals surface area contributed by atoms with Crippen molar-refractivity contribution in [2.24, 2.45) is 5.92 Å². The number of ether oxygens (including phenoxy) is 1. The Kier molecular flexibility index (Phi) is 3.89. The maximum atomic E-state index is 12.7. The third-order valence-corrected chi connectivity index (χ3v) is 6.04. The van der Waals surface area contributed by atoms with Crippen molar-refractivity contribution in [1.82, 2.24) is 14.5 Å². The predicted octanol–water partition coefficient (Wildman–Crippen LogP) is 2.21. The summed E-state index contributed by atoms with van der Waals surface area (Å²) in [6, 6.07) is 5.87. The van der Waals surface area contributed by atoms with Crippen molar-refractivity contribution in [2.45, 2.75) is 31.0 Å². The molecule has 1 saturated heterocycles. The van der Waals surface area contributed by atoms with E-state index in [1.54, 1.807) is 22.5 Å². The van der Waals surface area contributed by atoms with Crippen LogP contribution in [-0.4, -0.2) is 33.5 Å². The van der Waals surface area contributed by atoms with Crippen molar-refractivity contribution in [2.75, 3.05) is 19.0 Å². The summed E-state index contributed by atoms with van der Waals surface area (Å²) in [5, 5.41) is 10.2. The average molecular weight is 354 g/mol. The van der Waals surface area contributed by atoms with Gasteiger partial charge < -0.3 is 4.74 Å². The van der Waals surface area contributed by atoms with Gasteiger partial charge in [-0.15, -0.1) is 0 Å².